The van der Waals surface area contributed by atoms with Gasteiger partial charge in [-0.05, 0) is 43.9 Å². The lowest BCUT2D eigenvalue weighted by atomic mass is 9.95. The Kier molecular flexibility index (Phi) is 4.90. The van der Waals surface area contributed by atoms with Crippen LogP contribution in [-0.4, -0.2) is 30.6 Å². The Morgan fingerprint density at radius 1 is 1.33 bits per heavy atom. The van der Waals surface area contributed by atoms with Gasteiger partial charge in [0, 0.05) is 36.4 Å². The third-order valence-corrected chi connectivity index (χ3v) is 4.03. The van der Waals surface area contributed by atoms with Gasteiger partial charge in [0.25, 0.3) is 0 Å². The molecule has 1 aromatic carbocycles. The lowest BCUT2D eigenvalue weighted by Gasteiger charge is -2.36. The van der Waals surface area contributed by atoms with Gasteiger partial charge in [-0.15, -0.1) is 0 Å². The van der Waals surface area contributed by atoms with E-state index in [9.17, 15) is 0 Å². The van der Waals surface area contributed by atoms with Crippen LogP contribution in [0.3, 0.4) is 0 Å². The number of anilines is 1. The molecule has 3 heteroatoms. The zero-order valence-electron chi connectivity index (χ0n) is 11.3. The highest BCUT2D eigenvalue weighted by Gasteiger charge is 2.21. The van der Waals surface area contributed by atoms with Gasteiger partial charge in [0.1, 0.15) is 0 Å². The van der Waals surface area contributed by atoms with Crippen LogP contribution in [0.1, 0.15) is 26.7 Å². The van der Waals surface area contributed by atoms with E-state index in [1.165, 1.54) is 19.4 Å². The predicted octanol–water partition coefficient (Wildman–Crippen LogP) is 3.87. The van der Waals surface area contributed by atoms with Gasteiger partial charge >= 0.3 is 0 Å². The Labute approximate surface area is 115 Å². The van der Waals surface area contributed by atoms with Crippen molar-refractivity contribution in [3.8, 4) is 0 Å². The summed E-state index contributed by atoms with van der Waals surface area (Å²) in [4.78, 5) is 2.59. The fourth-order valence-corrected chi connectivity index (χ4v) is 2.82. The lowest BCUT2D eigenvalue weighted by molar-refractivity contribution is 0.130. The van der Waals surface area contributed by atoms with Gasteiger partial charge in [-0.25, -0.2) is 0 Å². The molecule has 2 rings (SSSR count). The molecule has 0 saturated carbocycles. The van der Waals surface area contributed by atoms with E-state index in [1.807, 2.05) is 18.2 Å². The number of halogens is 1. The zero-order valence-corrected chi connectivity index (χ0v) is 12.1. The third-order valence-electron chi connectivity index (χ3n) is 3.80. The third kappa shape index (κ3) is 3.89. The maximum absolute atomic E-state index is 5.96. The van der Waals surface area contributed by atoms with Crippen molar-refractivity contribution in [3.63, 3.8) is 0 Å². The first-order chi connectivity index (χ1) is 8.65. The summed E-state index contributed by atoms with van der Waals surface area (Å²) in [5, 5.41) is 4.23. The van der Waals surface area contributed by atoms with Crippen LogP contribution < -0.4 is 5.32 Å². The smallest absolute Gasteiger partial charge is 0.0426 e. The fraction of sp³-hybridized carbons (Fsp3) is 0.600. The fourth-order valence-electron chi connectivity index (χ4n) is 2.63. The minimum atomic E-state index is 0.724. The SMILES string of the molecule is CC1CCC(C)N(CCNc2cccc(Cl)c2)C1. The van der Waals surface area contributed by atoms with Crippen LogP contribution in [0, 0.1) is 5.92 Å². The van der Waals surface area contributed by atoms with Gasteiger partial charge in [0.15, 0.2) is 0 Å². The topological polar surface area (TPSA) is 15.3 Å². The van der Waals surface area contributed by atoms with E-state index >= 15 is 0 Å². The molecule has 2 unspecified atom stereocenters. The number of hydrogen-bond acceptors (Lipinski definition) is 2. The number of piperidine rings is 1. The Bertz CT molecular complexity index is 381. The largest absolute Gasteiger partial charge is 0.384 e. The Morgan fingerprint density at radius 3 is 2.94 bits per heavy atom. The summed E-state index contributed by atoms with van der Waals surface area (Å²) in [7, 11) is 0. The maximum Gasteiger partial charge on any atom is 0.0426 e. The van der Waals surface area contributed by atoms with Crippen LogP contribution in [0.2, 0.25) is 5.02 Å². The van der Waals surface area contributed by atoms with Gasteiger partial charge in [-0.3, -0.25) is 4.90 Å². The molecule has 1 aliphatic heterocycles. The van der Waals surface area contributed by atoms with Crippen molar-refractivity contribution < 1.29 is 0 Å². The molecule has 1 aromatic rings. The average molecular weight is 267 g/mol. The van der Waals surface area contributed by atoms with E-state index < -0.39 is 0 Å². The van der Waals surface area contributed by atoms with Crippen molar-refractivity contribution in [3.05, 3.63) is 29.3 Å². The summed E-state index contributed by atoms with van der Waals surface area (Å²) >= 11 is 5.96. The van der Waals surface area contributed by atoms with Crippen LogP contribution in [0.15, 0.2) is 24.3 Å². The first-order valence-corrected chi connectivity index (χ1v) is 7.26. The van der Waals surface area contributed by atoms with Crippen LogP contribution in [-0.2, 0) is 0 Å². The minimum Gasteiger partial charge on any atom is -0.384 e. The zero-order chi connectivity index (χ0) is 13.0. The van der Waals surface area contributed by atoms with E-state index in [2.05, 4.69) is 30.1 Å². The molecule has 0 radical (unpaired) electrons. The van der Waals surface area contributed by atoms with Gasteiger partial charge in [0.05, 0.1) is 0 Å². The Morgan fingerprint density at radius 2 is 2.17 bits per heavy atom. The molecule has 0 spiro atoms. The molecule has 0 aromatic heterocycles. The quantitative estimate of drug-likeness (QED) is 0.890. The number of rotatable bonds is 4. The highest BCUT2D eigenvalue weighted by atomic mass is 35.5. The van der Waals surface area contributed by atoms with Crippen molar-refractivity contribution in [2.75, 3.05) is 25.0 Å². The second kappa shape index (κ2) is 6.44. The summed E-state index contributed by atoms with van der Waals surface area (Å²) in [6, 6.07) is 8.65. The minimum absolute atomic E-state index is 0.724. The van der Waals surface area contributed by atoms with Crippen LogP contribution in [0.25, 0.3) is 0 Å². The highest BCUT2D eigenvalue weighted by Crippen LogP contribution is 2.21. The van der Waals surface area contributed by atoms with Crippen molar-refractivity contribution in [1.82, 2.24) is 4.90 Å². The molecule has 100 valence electrons. The van der Waals surface area contributed by atoms with E-state index in [1.54, 1.807) is 0 Å². The van der Waals surface area contributed by atoms with Gasteiger partial charge in [-0.2, -0.15) is 0 Å². The maximum atomic E-state index is 5.96. The summed E-state index contributed by atoms with van der Waals surface area (Å²) in [6.45, 7) is 8.02. The molecular weight excluding hydrogens is 244 g/mol. The van der Waals surface area contributed by atoms with Crippen molar-refractivity contribution in [2.24, 2.45) is 5.92 Å². The first kappa shape index (κ1) is 13.7. The number of nitrogens with zero attached hydrogens (tertiary/aromatic N) is 1. The van der Waals surface area contributed by atoms with Gasteiger partial charge in [0.2, 0.25) is 0 Å². The van der Waals surface area contributed by atoms with E-state index in [0.717, 1.165) is 35.8 Å². The van der Waals surface area contributed by atoms with Gasteiger partial charge < -0.3 is 5.32 Å². The van der Waals surface area contributed by atoms with E-state index in [-0.39, 0.29) is 0 Å². The highest BCUT2D eigenvalue weighted by molar-refractivity contribution is 6.30. The summed E-state index contributed by atoms with van der Waals surface area (Å²) in [6.07, 6.45) is 2.71. The predicted molar refractivity (Wildman–Crippen MR) is 79.4 cm³/mol. The summed E-state index contributed by atoms with van der Waals surface area (Å²) in [5.41, 5.74) is 1.11. The lowest BCUT2D eigenvalue weighted by Crippen LogP contribution is -2.43. The molecule has 2 atom stereocenters. The first-order valence-electron chi connectivity index (χ1n) is 6.88. The molecule has 0 aliphatic carbocycles. The molecule has 1 aliphatic rings. The molecule has 1 N–H and O–H groups in total. The molecule has 1 fully saturated rings. The average Bonchev–Trinajstić information content (AvgIpc) is 2.34. The summed E-state index contributed by atoms with van der Waals surface area (Å²) in [5.74, 6) is 0.840. The molecule has 0 amide bonds. The molecular formula is C15H23ClN2. The number of hydrogen-bond donors (Lipinski definition) is 1. The number of nitrogens with one attached hydrogen (secondary N) is 1. The van der Waals surface area contributed by atoms with Crippen molar-refractivity contribution in [1.29, 1.82) is 0 Å². The van der Waals surface area contributed by atoms with E-state index in [0.29, 0.717) is 0 Å². The normalized spacial score (nSPS) is 25.1. The van der Waals surface area contributed by atoms with Crippen LogP contribution in [0.5, 0.6) is 0 Å². The Hall–Kier alpha value is -0.730. The number of benzene rings is 1. The molecule has 18 heavy (non-hydrogen) atoms. The second-order valence-corrected chi connectivity index (χ2v) is 5.90. The number of likely N-dealkylation sites (tertiary alicyclic amines) is 1. The molecule has 1 saturated heterocycles. The van der Waals surface area contributed by atoms with Crippen LogP contribution in [0.4, 0.5) is 5.69 Å². The van der Waals surface area contributed by atoms with Crippen molar-refractivity contribution >= 4 is 17.3 Å². The van der Waals surface area contributed by atoms with Crippen LogP contribution >= 0.6 is 11.6 Å². The summed E-state index contributed by atoms with van der Waals surface area (Å²) < 4.78 is 0. The molecule has 2 nitrogen and oxygen atoms in total. The van der Waals surface area contributed by atoms with E-state index in [4.69, 9.17) is 11.6 Å². The second-order valence-electron chi connectivity index (χ2n) is 5.46. The Balaban J connectivity index is 1.77. The monoisotopic (exact) mass is 266 g/mol. The molecule has 1 heterocycles. The van der Waals surface area contributed by atoms with Gasteiger partial charge in [-0.1, -0.05) is 24.6 Å². The van der Waals surface area contributed by atoms with Crippen molar-refractivity contribution in [2.45, 2.75) is 32.7 Å². The standard InChI is InChI=1S/C15H23ClN2/c1-12-6-7-13(2)18(11-12)9-8-17-15-5-3-4-14(16)10-15/h3-5,10,12-13,17H,6-9,11H2,1-2H3. The molecule has 0 bridgehead atoms.